The Balaban J connectivity index is 3.01. The number of hydrogen-bond donors (Lipinski definition) is 1. The predicted molar refractivity (Wildman–Crippen MR) is 66.4 cm³/mol. The van der Waals surface area contributed by atoms with E-state index in [1.165, 1.54) is 6.07 Å². The molecule has 0 bridgehead atoms. The zero-order chi connectivity index (χ0) is 12.1. The van der Waals surface area contributed by atoms with E-state index in [1.54, 1.807) is 12.1 Å². The highest BCUT2D eigenvalue weighted by atomic mass is 127. The maximum Gasteiger partial charge on any atom is 0.237 e. The normalized spacial score (nSPS) is 8.81. The van der Waals surface area contributed by atoms with Crippen LogP contribution in [0.5, 0.6) is 0 Å². The van der Waals surface area contributed by atoms with Crippen LogP contribution in [0.3, 0.4) is 0 Å². The standard InChI is InChI=1S/C9H3ClFIN4/c10-6-1-7(11)9(2-8(6)12)16-15-5(3-13)4-14/h1-2,16H. The summed E-state index contributed by atoms with van der Waals surface area (Å²) in [6, 6.07) is 5.64. The van der Waals surface area contributed by atoms with Crippen molar-refractivity contribution in [3.05, 3.63) is 26.5 Å². The molecule has 7 heteroatoms. The van der Waals surface area contributed by atoms with Crippen LogP contribution in [-0.2, 0) is 0 Å². The van der Waals surface area contributed by atoms with Crippen LogP contribution < -0.4 is 5.43 Å². The Morgan fingerprint density at radius 3 is 2.62 bits per heavy atom. The maximum atomic E-state index is 13.3. The van der Waals surface area contributed by atoms with Gasteiger partial charge in [0.2, 0.25) is 5.71 Å². The zero-order valence-corrected chi connectivity index (χ0v) is 10.5. The summed E-state index contributed by atoms with van der Waals surface area (Å²) in [7, 11) is 0. The van der Waals surface area contributed by atoms with E-state index < -0.39 is 5.82 Å². The smallest absolute Gasteiger partial charge is 0.237 e. The van der Waals surface area contributed by atoms with Gasteiger partial charge in [-0.05, 0) is 34.7 Å². The van der Waals surface area contributed by atoms with E-state index in [0.717, 1.165) is 6.07 Å². The lowest BCUT2D eigenvalue weighted by Gasteiger charge is -2.03. The highest BCUT2D eigenvalue weighted by Gasteiger charge is 2.06. The molecule has 0 aliphatic rings. The molecule has 80 valence electrons. The molecule has 1 rings (SSSR count). The summed E-state index contributed by atoms with van der Waals surface area (Å²) in [6.07, 6.45) is 0. The third-order valence-electron chi connectivity index (χ3n) is 1.51. The van der Waals surface area contributed by atoms with Gasteiger partial charge in [-0.1, -0.05) is 11.6 Å². The molecule has 0 aliphatic carbocycles. The Hall–Kier alpha value is -1.38. The first-order valence-electron chi connectivity index (χ1n) is 3.87. The Morgan fingerprint density at radius 1 is 1.44 bits per heavy atom. The molecule has 16 heavy (non-hydrogen) atoms. The van der Waals surface area contributed by atoms with Crippen molar-refractivity contribution < 1.29 is 4.39 Å². The van der Waals surface area contributed by atoms with Crippen LogP contribution in [0, 0.1) is 32.0 Å². The van der Waals surface area contributed by atoms with E-state index in [2.05, 4.69) is 10.5 Å². The Labute approximate surface area is 109 Å². The van der Waals surface area contributed by atoms with Crippen molar-refractivity contribution in [2.75, 3.05) is 5.43 Å². The van der Waals surface area contributed by atoms with Gasteiger partial charge in [0.05, 0.1) is 10.7 Å². The SMILES string of the molecule is N#CC(C#N)=NNc1cc(I)c(Cl)cc1F. The molecule has 0 saturated carbocycles. The van der Waals surface area contributed by atoms with Gasteiger partial charge >= 0.3 is 0 Å². The summed E-state index contributed by atoms with van der Waals surface area (Å²) < 4.78 is 13.9. The van der Waals surface area contributed by atoms with Crippen LogP contribution in [0.25, 0.3) is 0 Å². The van der Waals surface area contributed by atoms with Gasteiger partial charge in [0.15, 0.2) is 0 Å². The van der Waals surface area contributed by atoms with Crippen LogP contribution in [-0.4, -0.2) is 5.71 Å². The molecule has 0 aromatic heterocycles. The maximum absolute atomic E-state index is 13.3. The molecule has 0 radical (unpaired) electrons. The number of nitrogens with zero attached hydrogens (tertiary/aromatic N) is 3. The molecule has 1 aromatic rings. The lowest BCUT2D eigenvalue weighted by Crippen LogP contribution is -1.99. The molecule has 0 spiro atoms. The molecule has 0 amide bonds. The van der Waals surface area contributed by atoms with Crippen molar-refractivity contribution >= 4 is 45.6 Å². The Kier molecular flexibility index (Phi) is 4.47. The fraction of sp³-hybridized carbons (Fsp3) is 0. The fourth-order valence-corrected chi connectivity index (χ4v) is 1.42. The molecule has 0 atom stereocenters. The van der Waals surface area contributed by atoms with Crippen molar-refractivity contribution in [3.63, 3.8) is 0 Å². The van der Waals surface area contributed by atoms with Crippen molar-refractivity contribution in [3.8, 4) is 12.1 Å². The van der Waals surface area contributed by atoms with Gasteiger partial charge in [0, 0.05) is 3.57 Å². The lowest BCUT2D eigenvalue weighted by atomic mass is 10.3. The first kappa shape index (κ1) is 12.7. The summed E-state index contributed by atoms with van der Waals surface area (Å²) in [4.78, 5) is 0. The first-order chi connectivity index (χ1) is 7.58. The molecular formula is C9H3ClFIN4. The van der Waals surface area contributed by atoms with E-state index in [1.807, 2.05) is 22.6 Å². The number of halogens is 3. The average molecular weight is 349 g/mol. The largest absolute Gasteiger partial charge is 0.273 e. The Morgan fingerprint density at radius 2 is 2.06 bits per heavy atom. The molecule has 4 nitrogen and oxygen atoms in total. The van der Waals surface area contributed by atoms with Crippen molar-refractivity contribution in [1.82, 2.24) is 0 Å². The molecule has 0 saturated heterocycles. The van der Waals surface area contributed by atoms with Crippen LogP contribution in [0.15, 0.2) is 17.2 Å². The average Bonchev–Trinajstić information content (AvgIpc) is 2.26. The van der Waals surface area contributed by atoms with Gasteiger partial charge in [-0.3, -0.25) is 5.43 Å². The number of hydrogen-bond acceptors (Lipinski definition) is 4. The van der Waals surface area contributed by atoms with Gasteiger partial charge in [-0.25, -0.2) is 4.39 Å². The number of nitrogens with one attached hydrogen (secondary N) is 1. The zero-order valence-electron chi connectivity index (χ0n) is 7.63. The minimum atomic E-state index is -0.607. The quantitative estimate of drug-likeness (QED) is 0.387. The molecule has 0 heterocycles. The summed E-state index contributed by atoms with van der Waals surface area (Å²) in [5.74, 6) is -0.607. The van der Waals surface area contributed by atoms with Gasteiger partial charge in [-0.2, -0.15) is 15.6 Å². The topological polar surface area (TPSA) is 72.0 Å². The number of anilines is 1. The molecule has 1 aromatic carbocycles. The Bertz CT molecular complexity index is 514. The summed E-state index contributed by atoms with van der Waals surface area (Å²) in [6.45, 7) is 0. The predicted octanol–water partition coefficient (Wildman–Crippen LogP) is 2.90. The van der Waals surface area contributed by atoms with Crippen LogP contribution in [0.2, 0.25) is 5.02 Å². The number of rotatable bonds is 2. The van der Waals surface area contributed by atoms with E-state index in [4.69, 9.17) is 22.1 Å². The van der Waals surface area contributed by atoms with Crippen molar-refractivity contribution in [2.24, 2.45) is 5.10 Å². The van der Waals surface area contributed by atoms with E-state index in [0.29, 0.717) is 3.57 Å². The molecular weight excluding hydrogens is 345 g/mol. The number of nitriles is 2. The second-order valence-electron chi connectivity index (χ2n) is 2.54. The first-order valence-corrected chi connectivity index (χ1v) is 5.32. The monoisotopic (exact) mass is 348 g/mol. The van der Waals surface area contributed by atoms with E-state index in [9.17, 15) is 4.39 Å². The van der Waals surface area contributed by atoms with Gasteiger partial charge in [0.25, 0.3) is 0 Å². The summed E-state index contributed by atoms with van der Waals surface area (Å²) >= 11 is 7.61. The van der Waals surface area contributed by atoms with E-state index >= 15 is 0 Å². The van der Waals surface area contributed by atoms with E-state index in [-0.39, 0.29) is 16.4 Å². The minimum absolute atomic E-state index is 0.0526. The minimum Gasteiger partial charge on any atom is -0.273 e. The summed E-state index contributed by atoms with van der Waals surface area (Å²) in [5.41, 5.74) is 1.96. The van der Waals surface area contributed by atoms with Gasteiger partial charge < -0.3 is 0 Å². The van der Waals surface area contributed by atoms with Gasteiger partial charge in [-0.15, -0.1) is 0 Å². The molecule has 1 N–H and O–H groups in total. The third-order valence-corrected chi connectivity index (χ3v) is 3.03. The summed E-state index contributed by atoms with van der Waals surface area (Å²) in [5, 5.41) is 20.5. The van der Waals surface area contributed by atoms with Crippen LogP contribution in [0.4, 0.5) is 10.1 Å². The molecule has 0 aliphatic heterocycles. The second kappa shape index (κ2) is 5.64. The van der Waals surface area contributed by atoms with Crippen LogP contribution in [0.1, 0.15) is 0 Å². The fourth-order valence-electron chi connectivity index (χ4n) is 0.799. The van der Waals surface area contributed by atoms with Crippen molar-refractivity contribution in [1.29, 1.82) is 10.5 Å². The molecule has 0 unspecified atom stereocenters. The van der Waals surface area contributed by atoms with Gasteiger partial charge in [0.1, 0.15) is 18.0 Å². The highest BCUT2D eigenvalue weighted by molar-refractivity contribution is 14.1. The lowest BCUT2D eigenvalue weighted by molar-refractivity contribution is 0.630. The highest BCUT2D eigenvalue weighted by Crippen LogP contribution is 2.25. The number of hydrazone groups is 1. The van der Waals surface area contributed by atoms with Crippen LogP contribution >= 0.6 is 34.2 Å². The third kappa shape index (κ3) is 3.05. The number of benzene rings is 1. The molecule has 0 fully saturated rings. The van der Waals surface area contributed by atoms with Crippen molar-refractivity contribution in [2.45, 2.75) is 0 Å². The second-order valence-corrected chi connectivity index (χ2v) is 4.11.